The van der Waals surface area contributed by atoms with Gasteiger partial charge in [-0.15, -0.1) is 11.8 Å². The van der Waals surface area contributed by atoms with Crippen molar-refractivity contribution in [3.05, 3.63) is 24.3 Å². The van der Waals surface area contributed by atoms with Crippen molar-refractivity contribution in [2.24, 2.45) is 0 Å². The second-order valence-corrected chi connectivity index (χ2v) is 8.22. The zero-order valence-corrected chi connectivity index (χ0v) is 12.6. The van der Waals surface area contributed by atoms with Crippen LogP contribution in [0.5, 0.6) is 0 Å². The lowest BCUT2D eigenvalue weighted by atomic mass is 10.4. The fourth-order valence-electron chi connectivity index (χ4n) is 1.97. The summed E-state index contributed by atoms with van der Waals surface area (Å²) in [5.74, 6) is -0.305. The van der Waals surface area contributed by atoms with Gasteiger partial charge in [-0.2, -0.15) is 0 Å². The van der Waals surface area contributed by atoms with Crippen molar-refractivity contribution in [1.82, 2.24) is 4.31 Å². The number of sulfonamides is 1. The maximum atomic E-state index is 12.3. The van der Waals surface area contributed by atoms with Gasteiger partial charge in [-0.05, 0) is 30.7 Å². The Kier molecular flexibility index (Phi) is 4.20. The Labute approximate surface area is 118 Å². The predicted molar refractivity (Wildman–Crippen MR) is 75.6 cm³/mol. The van der Waals surface area contributed by atoms with Gasteiger partial charge >= 0.3 is 0 Å². The van der Waals surface area contributed by atoms with E-state index >= 15 is 0 Å². The number of hydrogen-bond donors (Lipinski definition) is 0. The van der Waals surface area contributed by atoms with Gasteiger partial charge in [0, 0.05) is 23.1 Å². The highest BCUT2D eigenvalue weighted by molar-refractivity contribution is 7.99. The molecule has 1 saturated heterocycles. The van der Waals surface area contributed by atoms with Crippen LogP contribution in [0, 0.1) is 0 Å². The van der Waals surface area contributed by atoms with Gasteiger partial charge in [0.15, 0.2) is 0 Å². The van der Waals surface area contributed by atoms with Gasteiger partial charge in [-0.1, -0.05) is 13.8 Å². The third-order valence-corrected chi connectivity index (χ3v) is 5.66. The predicted octanol–water partition coefficient (Wildman–Crippen LogP) is 2.50. The van der Waals surface area contributed by atoms with Crippen LogP contribution < -0.4 is 0 Å². The van der Waals surface area contributed by atoms with Gasteiger partial charge in [0.2, 0.25) is 5.91 Å². The first-order valence-electron chi connectivity index (χ1n) is 6.23. The Morgan fingerprint density at radius 2 is 1.84 bits per heavy atom. The first kappa shape index (κ1) is 14.4. The molecule has 4 nitrogen and oxygen atoms in total. The van der Waals surface area contributed by atoms with Crippen molar-refractivity contribution in [1.29, 1.82) is 0 Å². The van der Waals surface area contributed by atoms with Gasteiger partial charge in [0.05, 0.1) is 4.90 Å². The standard InChI is InChI=1S/C13H17NO3S2/c1-10(2)18-11-5-7-12(8-6-11)19(16,17)14-9-3-4-13(14)15/h5-8,10H,3-4,9H2,1-2H3. The number of benzene rings is 1. The second kappa shape index (κ2) is 5.54. The zero-order valence-electron chi connectivity index (χ0n) is 11.0. The van der Waals surface area contributed by atoms with Crippen molar-refractivity contribution < 1.29 is 13.2 Å². The third kappa shape index (κ3) is 3.12. The summed E-state index contributed by atoms with van der Waals surface area (Å²) in [5.41, 5.74) is 0. The molecule has 0 N–H and O–H groups in total. The number of amides is 1. The quantitative estimate of drug-likeness (QED) is 0.802. The lowest BCUT2D eigenvalue weighted by Crippen LogP contribution is -2.31. The molecule has 1 fully saturated rings. The van der Waals surface area contributed by atoms with Crippen LogP contribution in [0.4, 0.5) is 0 Å². The molecule has 0 saturated carbocycles. The fraction of sp³-hybridized carbons (Fsp3) is 0.462. The van der Waals surface area contributed by atoms with Gasteiger partial charge in [-0.25, -0.2) is 12.7 Å². The summed E-state index contributed by atoms with van der Waals surface area (Å²) in [6.07, 6.45) is 0.930. The molecule has 1 heterocycles. The summed E-state index contributed by atoms with van der Waals surface area (Å²) >= 11 is 1.68. The largest absolute Gasteiger partial charge is 0.274 e. The molecule has 6 heteroatoms. The van der Waals surface area contributed by atoms with E-state index in [-0.39, 0.29) is 10.8 Å². The van der Waals surface area contributed by atoms with Gasteiger partial charge in [0.1, 0.15) is 0 Å². The first-order valence-corrected chi connectivity index (χ1v) is 8.55. The van der Waals surface area contributed by atoms with E-state index in [4.69, 9.17) is 0 Å². The van der Waals surface area contributed by atoms with Crippen molar-refractivity contribution in [2.45, 2.75) is 41.7 Å². The summed E-state index contributed by atoms with van der Waals surface area (Å²) < 4.78 is 25.5. The second-order valence-electron chi connectivity index (χ2n) is 4.71. The molecule has 2 rings (SSSR count). The van der Waals surface area contributed by atoms with Gasteiger partial charge < -0.3 is 0 Å². The zero-order chi connectivity index (χ0) is 14.0. The molecule has 0 atom stereocenters. The van der Waals surface area contributed by atoms with E-state index in [2.05, 4.69) is 13.8 Å². The molecule has 1 aromatic carbocycles. The molecule has 0 aliphatic carbocycles. The van der Waals surface area contributed by atoms with Crippen LogP contribution in [-0.2, 0) is 14.8 Å². The molecule has 1 aromatic rings. The maximum absolute atomic E-state index is 12.3. The monoisotopic (exact) mass is 299 g/mol. The molecule has 1 amide bonds. The van der Waals surface area contributed by atoms with E-state index < -0.39 is 10.0 Å². The summed E-state index contributed by atoms with van der Waals surface area (Å²) in [7, 11) is -3.66. The lowest BCUT2D eigenvalue weighted by Gasteiger charge is -2.16. The molecular weight excluding hydrogens is 282 g/mol. The molecule has 0 bridgehead atoms. The molecule has 104 valence electrons. The Balaban J connectivity index is 2.24. The van der Waals surface area contributed by atoms with Crippen LogP contribution >= 0.6 is 11.8 Å². The van der Waals surface area contributed by atoms with Crippen LogP contribution in [0.15, 0.2) is 34.1 Å². The highest BCUT2D eigenvalue weighted by atomic mass is 32.2. The first-order chi connectivity index (χ1) is 8.91. The normalized spacial score (nSPS) is 16.4. The van der Waals surface area contributed by atoms with Crippen molar-refractivity contribution in [2.75, 3.05) is 6.54 Å². The van der Waals surface area contributed by atoms with Crippen LogP contribution in [-0.4, -0.2) is 30.4 Å². The van der Waals surface area contributed by atoms with Crippen molar-refractivity contribution >= 4 is 27.7 Å². The minimum absolute atomic E-state index is 0.191. The van der Waals surface area contributed by atoms with E-state index in [1.807, 2.05) is 0 Å². The van der Waals surface area contributed by atoms with Crippen LogP contribution in [0.3, 0.4) is 0 Å². The summed E-state index contributed by atoms with van der Waals surface area (Å²) in [6, 6.07) is 6.73. The Bertz CT molecular complexity index is 564. The minimum atomic E-state index is -3.66. The van der Waals surface area contributed by atoms with Gasteiger partial charge in [-0.3, -0.25) is 4.79 Å². The summed E-state index contributed by atoms with van der Waals surface area (Å²) in [5, 5.41) is 0.447. The van der Waals surface area contributed by atoms with Crippen molar-refractivity contribution in [3.63, 3.8) is 0 Å². The molecule has 0 aromatic heterocycles. The molecule has 0 radical (unpaired) electrons. The Morgan fingerprint density at radius 1 is 1.21 bits per heavy atom. The van der Waals surface area contributed by atoms with Crippen LogP contribution in [0.1, 0.15) is 26.7 Å². The van der Waals surface area contributed by atoms with Gasteiger partial charge in [0.25, 0.3) is 10.0 Å². The molecule has 0 spiro atoms. The fourth-order valence-corrected chi connectivity index (χ4v) is 4.27. The number of carbonyl (C=O) groups is 1. The van der Waals surface area contributed by atoms with E-state index in [0.717, 1.165) is 9.20 Å². The smallest absolute Gasteiger partial charge is 0.266 e. The van der Waals surface area contributed by atoms with E-state index in [9.17, 15) is 13.2 Å². The Morgan fingerprint density at radius 3 is 2.32 bits per heavy atom. The Hall–Kier alpha value is -1.01. The third-order valence-electron chi connectivity index (χ3n) is 2.81. The molecule has 19 heavy (non-hydrogen) atoms. The van der Waals surface area contributed by atoms with E-state index in [1.165, 1.54) is 0 Å². The molecule has 0 unspecified atom stereocenters. The minimum Gasteiger partial charge on any atom is -0.274 e. The number of rotatable bonds is 4. The summed E-state index contributed by atoms with van der Waals surface area (Å²) in [4.78, 5) is 12.8. The summed E-state index contributed by atoms with van der Waals surface area (Å²) in [6.45, 7) is 4.46. The van der Waals surface area contributed by atoms with Crippen LogP contribution in [0.2, 0.25) is 0 Å². The molecule has 1 aliphatic rings. The highest BCUT2D eigenvalue weighted by Crippen LogP contribution is 2.26. The average molecular weight is 299 g/mol. The molecular formula is C13H17NO3S2. The number of hydrogen-bond acceptors (Lipinski definition) is 4. The maximum Gasteiger partial charge on any atom is 0.266 e. The van der Waals surface area contributed by atoms with Crippen LogP contribution in [0.25, 0.3) is 0 Å². The lowest BCUT2D eigenvalue weighted by molar-refractivity contribution is -0.123. The number of nitrogens with zero attached hydrogens (tertiary/aromatic N) is 1. The number of carbonyl (C=O) groups excluding carboxylic acids is 1. The molecule has 1 aliphatic heterocycles. The van der Waals surface area contributed by atoms with Crippen molar-refractivity contribution in [3.8, 4) is 0 Å². The topological polar surface area (TPSA) is 54.5 Å². The SMILES string of the molecule is CC(C)Sc1ccc(S(=O)(=O)N2CCCC2=O)cc1. The van der Waals surface area contributed by atoms with E-state index in [1.54, 1.807) is 36.0 Å². The number of thioether (sulfide) groups is 1. The highest BCUT2D eigenvalue weighted by Gasteiger charge is 2.32. The van der Waals surface area contributed by atoms with E-state index in [0.29, 0.717) is 24.6 Å². The average Bonchev–Trinajstić information content (AvgIpc) is 2.76.